The molecule has 0 unspecified atom stereocenters. The summed E-state index contributed by atoms with van der Waals surface area (Å²) in [5.41, 5.74) is 0. The molecule has 0 fully saturated rings. The molecule has 2 N–H and O–H groups in total. The van der Waals surface area contributed by atoms with Gasteiger partial charge in [-0.25, -0.2) is 0 Å². The molecule has 0 saturated carbocycles. The molecule has 7 nitrogen and oxygen atoms in total. The zero-order chi connectivity index (χ0) is 15.7. The Labute approximate surface area is 120 Å². The predicted molar refractivity (Wildman–Crippen MR) is 70.5 cm³/mol. The summed E-state index contributed by atoms with van der Waals surface area (Å²) in [4.78, 5) is 12.0. The summed E-state index contributed by atoms with van der Waals surface area (Å²) in [6.45, 7) is 3.41. The van der Waals surface area contributed by atoms with Crippen molar-refractivity contribution in [2.75, 3.05) is 43.5 Å². The number of ether oxygens (including phenoxy) is 2. The van der Waals surface area contributed by atoms with E-state index in [9.17, 15) is 13.2 Å². The highest BCUT2D eigenvalue weighted by atomic mass is 19.4. The summed E-state index contributed by atoms with van der Waals surface area (Å²) in [6, 6.07) is 0.141. The third-order valence-corrected chi connectivity index (χ3v) is 2.02. The second kappa shape index (κ2) is 8.45. The number of nitrogens with one attached hydrogen (secondary N) is 2. The average molecular weight is 309 g/mol. The van der Waals surface area contributed by atoms with Crippen molar-refractivity contribution in [2.24, 2.45) is 0 Å². The fourth-order valence-corrected chi connectivity index (χ4v) is 1.29. The summed E-state index contributed by atoms with van der Waals surface area (Å²) in [7, 11) is 0. The Kier molecular flexibility index (Phi) is 6.92. The first-order chi connectivity index (χ1) is 9.94. The number of hydrogen-bond donors (Lipinski definition) is 2. The zero-order valence-electron chi connectivity index (χ0n) is 11.8. The first-order valence-corrected chi connectivity index (χ1v) is 6.45. The van der Waals surface area contributed by atoms with Gasteiger partial charge < -0.3 is 20.1 Å². The lowest BCUT2D eigenvalue weighted by Gasteiger charge is -2.10. The predicted octanol–water partition coefficient (Wildman–Crippen LogP) is 1.69. The molecule has 1 heterocycles. The van der Waals surface area contributed by atoms with Gasteiger partial charge in [0.25, 0.3) is 0 Å². The smallest absolute Gasteiger partial charge is 0.411 e. The molecular weight excluding hydrogens is 291 g/mol. The number of rotatable bonds is 9. The van der Waals surface area contributed by atoms with Crippen LogP contribution in [0, 0.1) is 0 Å². The molecule has 0 aliphatic heterocycles. The monoisotopic (exact) mass is 309 g/mol. The van der Waals surface area contributed by atoms with Crippen LogP contribution in [0.5, 0.6) is 6.01 Å². The molecule has 21 heavy (non-hydrogen) atoms. The van der Waals surface area contributed by atoms with Gasteiger partial charge in [-0.3, -0.25) is 0 Å². The largest absolute Gasteiger partial charge is 0.464 e. The topological polar surface area (TPSA) is 81.2 Å². The molecule has 1 aromatic rings. The van der Waals surface area contributed by atoms with Crippen molar-refractivity contribution in [3.8, 4) is 6.01 Å². The van der Waals surface area contributed by atoms with Crippen molar-refractivity contribution < 1.29 is 22.6 Å². The van der Waals surface area contributed by atoms with E-state index in [1.165, 1.54) is 0 Å². The molecule has 0 amide bonds. The quantitative estimate of drug-likeness (QED) is 0.672. The maximum Gasteiger partial charge on any atom is 0.411 e. The lowest BCUT2D eigenvalue weighted by atomic mass is 10.6. The van der Waals surface area contributed by atoms with E-state index in [2.05, 4.69) is 30.3 Å². The van der Waals surface area contributed by atoms with Gasteiger partial charge in [-0.15, -0.1) is 0 Å². The van der Waals surface area contributed by atoms with Crippen LogP contribution in [-0.4, -0.2) is 54.0 Å². The molecule has 10 heteroatoms. The summed E-state index contributed by atoms with van der Waals surface area (Å²) in [6.07, 6.45) is -4.33. The van der Waals surface area contributed by atoms with Gasteiger partial charge in [0.1, 0.15) is 6.61 Å². The number of alkyl halides is 3. The lowest BCUT2D eigenvalue weighted by molar-refractivity contribution is -0.172. The Hall–Kier alpha value is -1.84. The van der Waals surface area contributed by atoms with Crippen LogP contribution in [0.4, 0.5) is 25.1 Å². The summed E-state index contributed by atoms with van der Waals surface area (Å²) in [5, 5.41) is 5.66. The van der Waals surface area contributed by atoms with Gasteiger partial charge in [0.2, 0.25) is 11.9 Å². The van der Waals surface area contributed by atoms with Gasteiger partial charge in [-0.05, 0) is 13.8 Å². The SMILES string of the molecule is CCNc1nc(NCCOCC(F)(F)F)nc(OCC)n1. The second-order valence-electron chi connectivity index (χ2n) is 3.82. The maximum absolute atomic E-state index is 11.9. The summed E-state index contributed by atoms with van der Waals surface area (Å²) < 4.78 is 45.3. The van der Waals surface area contributed by atoms with Crippen molar-refractivity contribution in [3.05, 3.63) is 0 Å². The van der Waals surface area contributed by atoms with Crippen molar-refractivity contribution in [3.63, 3.8) is 0 Å². The average Bonchev–Trinajstić information content (AvgIpc) is 2.37. The minimum absolute atomic E-state index is 0.119. The number of aromatic nitrogens is 3. The van der Waals surface area contributed by atoms with Crippen molar-refractivity contribution in [1.29, 1.82) is 0 Å². The minimum atomic E-state index is -4.33. The van der Waals surface area contributed by atoms with Crippen molar-refractivity contribution >= 4 is 11.9 Å². The van der Waals surface area contributed by atoms with E-state index in [1.54, 1.807) is 6.92 Å². The Bertz CT molecular complexity index is 407. The Balaban J connectivity index is 2.49. The molecular formula is C11H18F3N5O2. The molecule has 1 rings (SSSR count). The van der Waals surface area contributed by atoms with Crippen LogP contribution in [0.1, 0.15) is 13.8 Å². The molecule has 0 aliphatic carbocycles. The van der Waals surface area contributed by atoms with E-state index >= 15 is 0 Å². The van der Waals surface area contributed by atoms with E-state index in [4.69, 9.17) is 4.74 Å². The third-order valence-electron chi connectivity index (χ3n) is 2.02. The fourth-order valence-electron chi connectivity index (χ4n) is 1.29. The number of hydrogen-bond acceptors (Lipinski definition) is 7. The standard InChI is InChI=1S/C11H18F3N5O2/c1-3-15-8-17-9(19-10(18-8)21-4-2)16-5-6-20-7-11(12,13)14/h3-7H2,1-2H3,(H2,15,16,17,18,19). The van der Waals surface area contributed by atoms with Crippen LogP contribution in [0.25, 0.3) is 0 Å². The number of nitrogens with zero attached hydrogens (tertiary/aromatic N) is 3. The van der Waals surface area contributed by atoms with Gasteiger partial charge in [-0.1, -0.05) is 0 Å². The Morgan fingerprint density at radius 3 is 2.29 bits per heavy atom. The van der Waals surface area contributed by atoms with Crippen LogP contribution >= 0.6 is 0 Å². The first-order valence-electron chi connectivity index (χ1n) is 6.45. The number of halogens is 3. The summed E-state index contributed by atoms with van der Waals surface area (Å²) >= 11 is 0. The maximum atomic E-state index is 11.9. The van der Waals surface area contributed by atoms with Gasteiger partial charge >= 0.3 is 12.2 Å². The molecule has 0 spiro atoms. The first kappa shape index (κ1) is 17.2. The van der Waals surface area contributed by atoms with E-state index in [-0.39, 0.29) is 25.1 Å². The van der Waals surface area contributed by atoms with Gasteiger partial charge in [0.15, 0.2) is 0 Å². The molecule has 0 atom stereocenters. The highest BCUT2D eigenvalue weighted by Crippen LogP contribution is 2.14. The second-order valence-corrected chi connectivity index (χ2v) is 3.82. The van der Waals surface area contributed by atoms with Crippen molar-refractivity contribution in [2.45, 2.75) is 20.0 Å². The van der Waals surface area contributed by atoms with Crippen LogP contribution in [0.3, 0.4) is 0 Å². The van der Waals surface area contributed by atoms with Gasteiger partial charge in [0, 0.05) is 13.1 Å². The van der Waals surface area contributed by atoms with Crippen LogP contribution < -0.4 is 15.4 Å². The molecule has 1 aromatic heterocycles. The van der Waals surface area contributed by atoms with E-state index in [1.807, 2.05) is 6.92 Å². The van der Waals surface area contributed by atoms with Gasteiger partial charge in [0.05, 0.1) is 13.2 Å². The molecule has 0 aromatic carbocycles. The highest BCUT2D eigenvalue weighted by molar-refractivity contribution is 5.35. The minimum Gasteiger partial charge on any atom is -0.464 e. The van der Waals surface area contributed by atoms with Gasteiger partial charge in [-0.2, -0.15) is 28.1 Å². The van der Waals surface area contributed by atoms with Crippen LogP contribution in [-0.2, 0) is 4.74 Å². The molecule has 0 aliphatic rings. The van der Waals surface area contributed by atoms with E-state index < -0.39 is 12.8 Å². The van der Waals surface area contributed by atoms with Crippen molar-refractivity contribution in [1.82, 2.24) is 15.0 Å². The normalized spacial score (nSPS) is 11.3. The van der Waals surface area contributed by atoms with E-state index in [0.29, 0.717) is 19.1 Å². The third kappa shape index (κ3) is 7.49. The molecule has 120 valence electrons. The van der Waals surface area contributed by atoms with Crippen LogP contribution in [0.2, 0.25) is 0 Å². The molecule has 0 saturated heterocycles. The highest BCUT2D eigenvalue weighted by Gasteiger charge is 2.27. The molecule has 0 radical (unpaired) electrons. The van der Waals surface area contributed by atoms with E-state index in [0.717, 1.165) is 0 Å². The molecule has 0 bridgehead atoms. The summed E-state index contributed by atoms with van der Waals surface area (Å²) in [5.74, 6) is 0.537. The fraction of sp³-hybridized carbons (Fsp3) is 0.727. The Morgan fingerprint density at radius 2 is 1.71 bits per heavy atom. The number of anilines is 2. The lowest BCUT2D eigenvalue weighted by Crippen LogP contribution is -2.20. The zero-order valence-corrected chi connectivity index (χ0v) is 11.8. The van der Waals surface area contributed by atoms with Crippen LogP contribution in [0.15, 0.2) is 0 Å². The Morgan fingerprint density at radius 1 is 1.05 bits per heavy atom.